The van der Waals surface area contributed by atoms with E-state index in [9.17, 15) is 9.59 Å². The number of carbonyl (C=O) groups excluding carboxylic acids is 2. The van der Waals surface area contributed by atoms with E-state index in [0.29, 0.717) is 0 Å². The first kappa shape index (κ1) is 9.23. The SMILES string of the molecule is O=[C]c1cc(Cl)c(Cl)cc1[C]=O. The van der Waals surface area contributed by atoms with Gasteiger partial charge in [-0.15, -0.1) is 0 Å². The van der Waals surface area contributed by atoms with Crippen molar-refractivity contribution in [2.24, 2.45) is 0 Å². The standard InChI is InChI=1S/C8H2Cl2O2/c9-7-1-5(3-11)6(4-12)2-8(7)10/h1-2H. The highest BCUT2D eigenvalue weighted by molar-refractivity contribution is 6.42. The van der Waals surface area contributed by atoms with Crippen LogP contribution in [0.15, 0.2) is 12.1 Å². The van der Waals surface area contributed by atoms with Crippen LogP contribution >= 0.6 is 23.2 Å². The Morgan fingerprint density at radius 3 is 1.50 bits per heavy atom. The van der Waals surface area contributed by atoms with E-state index in [2.05, 4.69) is 0 Å². The minimum absolute atomic E-state index is 0.0689. The lowest BCUT2D eigenvalue weighted by Gasteiger charge is -1.98. The Morgan fingerprint density at radius 2 is 1.25 bits per heavy atom. The highest BCUT2D eigenvalue weighted by atomic mass is 35.5. The van der Waals surface area contributed by atoms with E-state index in [1.165, 1.54) is 12.1 Å². The minimum Gasteiger partial charge on any atom is -0.285 e. The third-order valence-corrected chi connectivity index (χ3v) is 2.00. The molecule has 0 aliphatic rings. The molecule has 1 aromatic rings. The predicted molar refractivity (Wildman–Crippen MR) is 46.1 cm³/mol. The molecular formula is C8H2Cl2O2. The zero-order chi connectivity index (χ0) is 9.14. The third kappa shape index (κ3) is 1.65. The van der Waals surface area contributed by atoms with Crippen molar-refractivity contribution in [1.82, 2.24) is 0 Å². The van der Waals surface area contributed by atoms with Gasteiger partial charge in [0.15, 0.2) is 0 Å². The van der Waals surface area contributed by atoms with E-state index >= 15 is 0 Å². The molecule has 0 amide bonds. The molecule has 0 spiro atoms. The van der Waals surface area contributed by atoms with Gasteiger partial charge < -0.3 is 0 Å². The number of hydrogen-bond donors (Lipinski definition) is 0. The van der Waals surface area contributed by atoms with Gasteiger partial charge in [-0.05, 0) is 12.1 Å². The molecule has 1 rings (SSSR count). The highest BCUT2D eigenvalue weighted by Gasteiger charge is 2.06. The van der Waals surface area contributed by atoms with E-state index in [0.717, 1.165) is 0 Å². The number of benzene rings is 1. The highest BCUT2D eigenvalue weighted by Crippen LogP contribution is 2.24. The fourth-order valence-electron chi connectivity index (χ4n) is 0.716. The summed E-state index contributed by atoms with van der Waals surface area (Å²) >= 11 is 11.2. The Balaban J connectivity index is 3.37. The Morgan fingerprint density at radius 1 is 0.917 bits per heavy atom. The van der Waals surface area contributed by atoms with Gasteiger partial charge in [0, 0.05) is 11.1 Å². The lowest BCUT2D eigenvalue weighted by molar-refractivity contribution is 0.558. The van der Waals surface area contributed by atoms with Gasteiger partial charge in [-0.25, -0.2) is 0 Å². The molecule has 2 radical (unpaired) electrons. The van der Waals surface area contributed by atoms with Crippen LogP contribution in [0.2, 0.25) is 10.0 Å². The van der Waals surface area contributed by atoms with Crippen molar-refractivity contribution >= 4 is 35.8 Å². The molecule has 0 atom stereocenters. The lowest BCUT2D eigenvalue weighted by Crippen LogP contribution is -1.91. The Bertz CT molecular complexity index is 301. The maximum Gasteiger partial charge on any atom is 0.234 e. The molecule has 1 aromatic carbocycles. The topological polar surface area (TPSA) is 34.1 Å². The van der Waals surface area contributed by atoms with Crippen LogP contribution < -0.4 is 0 Å². The smallest absolute Gasteiger partial charge is 0.234 e. The largest absolute Gasteiger partial charge is 0.285 e. The van der Waals surface area contributed by atoms with Gasteiger partial charge in [0.2, 0.25) is 12.6 Å². The van der Waals surface area contributed by atoms with Crippen LogP contribution in [-0.4, -0.2) is 12.6 Å². The average molecular weight is 201 g/mol. The minimum atomic E-state index is 0.0689. The first-order valence-electron chi connectivity index (χ1n) is 2.94. The van der Waals surface area contributed by atoms with E-state index in [-0.39, 0.29) is 21.2 Å². The van der Waals surface area contributed by atoms with Crippen LogP contribution in [0.3, 0.4) is 0 Å². The number of hydrogen-bond acceptors (Lipinski definition) is 2. The van der Waals surface area contributed by atoms with Gasteiger partial charge in [0.25, 0.3) is 0 Å². The third-order valence-electron chi connectivity index (χ3n) is 1.28. The second-order valence-corrected chi connectivity index (χ2v) is 2.83. The van der Waals surface area contributed by atoms with E-state index in [4.69, 9.17) is 23.2 Å². The fraction of sp³-hybridized carbons (Fsp3) is 0. The Kier molecular flexibility index (Phi) is 2.84. The maximum absolute atomic E-state index is 10.2. The van der Waals surface area contributed by atoms with Crippen molar-refractivity contribution in [2.45, 2.75) is 0 Å². The summed E-state index contributed by atoms with van der Waals surface area (Å²) in [5.41, 5.74) is 0.138. The summed E-state index contributed by atoms with van der Waals surface area (Å²) in [6, 6.07) is 2.55. The summed E-state index contributed by atoms with van der Waals surface area (Å²) in [7, 11) is 0. The molecule has 0 heterocycles. The summed E-state index contributed by atoms with van der Waals surface area (Å²) in [4.78, 5) is 20.5. The summed E-state index contributed by atoms with van der Waals surface area (Å²) in [5.74, 6) is 0. The van der Waals surface area contributed by atoms with Gasteiger partial charge in [-0.2, -0.15) is 0 Å². The molecule has 60 valence electrons. The van der Waals surface area contributed by atoms with Crippen LogP contribution in [-0.2, 0) is 9.59 Å². The van der Waals surface area contributed by atoms with E-state index < -0.39 is 0 Å². The van der Waals surface area contributed by atoms with Gasteiger partial charge >= 0.3 is 0 Å². The molecule has 0 fully saturated rings. The van der Waals surface area contributed by atoms with Crippen LogP contribution in [0.5, 0.6) is 0 Å². The van der Waals surface area contributed by atoms with Gasteiger partial charge in [-0.3, -0.25) is 9.59 Å². The van der Waals surface area contributed by atoms with Crippen LogP contribution in [0.4, 0.5) is 0 Å². The molecule has 0 saturated heterocycles. The zero-order valence-corrected chi connectivity index (χ0v) is 7.24. The molecule has 0 aliphatic heterocycles. The van der Waals surface area contributed by atoms with Crippen molar-refractivity contribution in [3.8, 4) is 0 Å². The molecule has 0 aliphatic carbocycles. The molecule has 0 N–H and O–H groups in total. The number of rotatable bonds is 2. The second-order valence-electron chi connectivity index (χ2n) is 2.02. The summed E-state index contributed by atoms with van der Waals surface area (Å²) in [5, 5.41) is 0.433. The van der Waals surface area contributed by atoms with Crippen molar-refractivity contribution in [1.29, 1.82) is 0 Å². The van der Waals surface area contributed by atoms with E-state index in [1.807, 2.05) is 0 Å². The van der Waals surface area contributed by atoms with Crippen LogP contribution in [0.25, 0.3) is 0 Å². The second kappa shape index (κ2) is 3.70. The zero-order valence-electron chi connectivity index (χ0n) is 5.73. The van der Waals surface area contributed by atoms with Crippen LogP contribution in [0.1, 0.15) is 11.1 Å². The summed E-state index contributed by atoms with van der Waals surface area (Å²) < 4.78 is 0. The van der Waals surface area contributed by atoms with Crippen molar-refractivity contribution in [3.05, 3.63) is 33.3 Å². The lowest BCUT2D eigenvalue weighted by atomic mass is 10.1. The predicted octanol–water partition coefficient (Wildman–Crippen LogP) is 1.91. The van der Waals surface area contributed by atoms with Crippen molar-refractivity contribution in [3.63, 3.8) is 0 Å². The van der Waals surface area contributed by atoms with Crippen molar-refractivity contribution in [2.75, 3.05) is 0 Å². The molecule has 0 saturated carbocycles. The first-order valence-corrected chi connectivity index (χ1v) is 3.70. The molecule has 0 aromatic heterocycles. The molecule has 0 unspecified atom stereocenters. The number of halogens is 2. The molecule has 0 bridgehead atoms. The van der Waals surface area contributed by atoms with Gasteiger partial charge in [-0.1, -0.05) is 23.2 Å². The van der Waals surface area contributed by atoms with Gasteiger partial charge in [0.1, 0.15) is 0 Å². The normalized spacial score (nSPS) is 9.50. The molecular weight excluding hydrogens is 199 g/mol. The van der Waals surface area contributed by atoms with E-state index in [1.54, 1.807) is 12.6 Å². The van der Waals surface area contributed by atoms with Gasteiger partial charge in [0.05, 0.1) is 10.0 Å². The quantitative estimate of drug-likeness (QED) is 0.732. The molecule has 12 heavy (non-hydrogen) atoms. The Hall–Kier alpha value is -0.860. The Labute approximate surface area is 79.1 Å². The van der Waals surface area contributed by atoms with Crippen LogP contribution in [0, 0.1) is 0 Å². The monoisotopic (exact) mass is 200 g/mol. The summed E-state index contributed by atoms with van der Waals surface area (Å²) in [6.07, 6.45) is 3.12. The first-order chi connectivity index (χ1) is 5.69. The maximum atomic E-state index is 10.2. The fourth-order valence-corrected chi connectivity index (χ4v) is 1.04. The molecule has 2 nitrogen and oxygen atoms in total. The average Bonchev–Trinajstić information content (AvgIpc) is 2.09. The summed E-state index contributed by atoms with van der Waals surface area (Å²) in [6.45, 7) is 0. The molecule has 4 heteroatoms. The van der Waals surface area contributed by atoms with Crippen molar-refractivity contribution < 1.29 is 9.59 Å².